The maximum absolute atomic E-state index is 6.03. The molecule has 1 unspecified atom stereocenters. The molecular weight excluding hydrogens is 580 g/mol. The quantitative estimate of drug-likeness (QED) is 0.165. The predicted octanol–water partition coefficient (Wildman–Crippen LogP) is 10.5. The molecule has 2 aliphatic carbocycles. The van der Waals surface area contributed by atoms with Gasteiger partial charge in [0, 0.05) is 41.4 Å². The van der Waals surface area contributed by atoms with Crippen LogP contribution in [0.15, 0.2) is 171 Å². The number of rotatable bonds is 10. The Labute approximate surface area is 275 Å². The van der Waals surface area contributed by atoms with E-state index in [2.05, 4.69) is 95.9 Å². The maximum atomic E-state index is 6.03. The van der Waals surface area contributed by atoms with Crippen molar-refractivity contribution in [1.29, 1.82) is 0 Å². The number of fused-ring (bicyclic) bond motifs is 2. The summed E-state index contributed by atoms with van der Waals surface area (Å²) in [5.41, 5.74) is 9.41. The number of hydrogen-bond donors (Lipinski definition) is 0. The van der Waals surface area contributed by atoms with Gasteiger partial charge in [0.2, 0.25) is 11.8 Å². The summed E-state index contributed by atoms with van der Waals surface area (Å²) in [6, 6.07) is 15.7. The molecule has 2 aromatic carbocycles. The Balaban J connectivity index is 1.25. The van der Waals surface area contributed by atoms with Crippen LogP contribution in [0.5, 0.6) is 0 Å². The number of nitrogens with zero attached hydrogens (tertiary/aromatic N) is 4. The van der Waals surface area contributed by atoms with E-state index in [-0.39, 0.29) is 6.04 Å². The van der Waals surface area contributed by atoms with Gasteiger partial charge in [-0.15, -0.1) is 0 Å². The number of para-hydroxylation sites is 4. The zero-order valence-electron chi connectivity index (χ0n) is 27.0. The van der Waals surface area contributed by atoms with Gasteiger partial charge in [0.1, 0.15) is 11.0 Å². The normalized spacial score (nSPS) is 18.6. The van der Waals surface area contributed by atoms with E-state index in [1.54, 1.807) is 6.08 Å². The smallest absolute Gasteiger partial charge is 0.227 e. The lowest BCUT2D eigenvalue weighted by atomic mass is 10.0. The Morgan fingerprint density at radius 3 is 2.34 bits per heavy atom. The van der Waals surface area contributed by atoms with Crippen LogP contribution >= 0.6 is 0 Å². The first kappa shape index (κ1) is 31.2. The van der Waals surface area contributed by atoms with E-state index < -0.39 is 0 Å². The maximum Gasteiger partial charge on any atom is 0.227 e. The number of allylic oxidation sites excluding steroid dienone is 15. The number of aromatic nitrogens is 2. The molecule has 0 bridgehead atoms. The van der Waals surface area contributed by atoms with E-state index in [9.17, 15) is 0 Å². The SMILES string of the molecule is C=C/C(=C\C=C\N(/C(C)=C/C=C(C)/C(C)=C/N=C1C=CC=CC1)C1C=CC(c2nc3ccccc3o2)=CC1)c1nc2ccccc2o1. The average molecular weight is 619 g/mol. The number of oxazole rings is 2. The fraction of sp³-hybridized carbons (Fsp3) is 0.146. The third kappa shape index (κ3) is 7.56. The monoisotopic (exact) mass is 618 g/mol. The van der Waals surface area contributed by atoms with Crippen molar-refractivity contribution in [1.82, 2.24) is 14.9 Å². The molecule has 234 valence electrons. The van der Waals surface area contributed by atoms with Crippen molar-refractivity contribution < 1.29 is 8.83 Å². The molecule has 2 aliphatic rings. The summed E-state index contributed by atoms with van der Waals surface area (Å²) >= 11 is 0. The molecule has 0 radical (unpaired) electrons. The Bertz CT molecular complexity index is 2040. The van der Waals surface area contributed by atoms with Gasteiger partial charge in [-0.05, 0) is 86.9 Å². The summed E-state index contributed by atoms with van der Waals surface area (Å²) in [4.78, 5) is 16.3. The van der Waals surface area contributed by atoms with Crippen molar-refractivity contribution in [3.05, 3.63) is 169 Å². The van der Waals surface area contributed by atoms with E-state index >= 15 is 0 Å². The topological polar surface area (TPSA) is 67.7 Å². The minimum Gasteiger partial charge on any atom is -0.436 e. The van der Waals surface area contributed by atoms with Crippen molar-refractivity contribution in [3.63, 3.8) is 0 Å². The lowest BCUT2D eigenvalue weighted by Gasteiger charge is -2.30. The third-order valence-corrected chi connectivity index (χ3v) is 8.15. The molecule has 1 atom stereocenters. The van der Waals surface area contributed by atoms with Crippen molar-refractivity contribution in [2.75, 3.05) is 0 Å². The molecular formula is C41H38N4O2. The van der Waals surface area contributed by atoms with E-state index in [0.717, 1.165) is 68.7 Å². The molecule has 2 heterocycles. The molecule has 6 heteroatoms. The molecule has 0 spiro atoms. The second-order valence-electron chi connectivity index (χ2n) is 11.5. The van der Waals surface area contributed by atoms with Gasteiger partial charge >= 0.3 is 0 Å². The van der Waals surface area contributed by atoms with Crippen LogP contribution in [0.2, 0.25) is 0 Å². The van der Waals surface area contributed by atoms with Gasteiger partial charge < -0.3 is 13.7 Å². The lowest BCUT2D eigenvalue weighted by molar-refractivity contribution is 0.394. The van der Waals surface area contributed by atoms with Gasteiger partial charge in [-0.25, -0.2) is 9.97 Å². The summed E-state index contributed by atoms with van der Waals surface area (Å²) in [6.45, 7) is 10.3. The van der Waals surface area contributed by atoms with E-state index in [0.29, 0.717) is 11.8 Å². The molecule has 0 saturated heterocycles. The second kappa shape index (κ2) is 14.6. The van der Waals surface area contributed by atoms with Gasteiger partial charge in [-0.3, -0.25) is 4.99 Å². The Hall–Kier alpha value is -5.75. The molecule has 47 heavy (non-hydrogen) atoms. The molecule has 0 N–H and O–H groups in total. The van der Waals surface area contributed by atoms with Crippen LogP contribution in [0, 0.1) is 0 Å². The van der Waals surface area contributed by atoms with Gasteiger partial charge in [0.25, 0.3) is 0 Å². The molecule has 6 nitrogen and oxygen atoms in total. The molecule has 2 aromatic heterocycles. The van der Waals surface area contributed by atoms with Gasteiger partial charge in [-0.2, -0.15) is 0 Å². The fourth-order valence-corrected chi connectivity index (χ4v) is 5.26. The highest BCUT2D eigenvalue weighted by molar-refractivity contribution is 5.97. The summed E-state index contributed by atoms with van der Waals surface area (Å²) in [6.07, 6.45) is 30.5. The minimum absolute atomic E-state index is 0.0865. The van der Waals surface area contributed by atoms with Crippen molar-refractivity contribution in [2.24, 2.45) is 4.99 Å². The Morgan fingerprint density at radius 1 is 0.894 bits per heavy atom. The zero-order chi connectivity index (χ0) is 32.6. The van der Waals surface area contributed by atoms with Crippen molar-refractivity contribution in [2.45, 2.75) is 39.7 Å². The molecule has 6 rings (SSSR count). The van der Waals surface area contributed by atoms with Crippen molar-refractivity contribution >= 4 is 39.1 Å². The van der Waals surface area contributed by atoms with Crippen molar-refractivity contribution in [3.8, 4) is 0 Å². The highest BCUT2D eigenvalue weighted by Gasteiger charge is 2.19. The van der Waals surface area contributed by atoms with Crippen LogP contribution in [0.1, 0.15) is 45.4 Å². The minimum atomic E-state index is 0.0865. The summed E-state index contributed by atoms with van der Waals surface area (Å²) < 4.78 is 12.0. The Morgan fingerprint density at radius 2 is 1.66 bits per heavy atom. The highest BCUT2D eigenvalue weighted by atomic mass is 16.4. The van der Waals surface area contributed by atoms with E-state index in [1.165, 1.54) is 0 Å². The number of aliphatic imine (C=N–C) groups is 1. The highest BCUT2D eigenvalue weighted by Crippen LogP contribution is 2.28. The van der Waals surface area contributed by atoms with Crippen LogP contribution < -0.4 is 0 Å². The fourth-order valence-electron chi connectivity index (χ4n) is 5.26. The van der Waals surface area contributed by atoms with Gasteiger partial charge in [0.15, 0.2) is 11.2 Å². The van der Waals surface area contributed by atoms with Crippen LogP contribution in [-0.4, -0.2) is 26.6 Å². The molecule has 4 aromatic rings. The predicted molar refractivity (Wildman–Crippen MR) is 194 cm³/mol. The lowest BCUT2D eigenvalue weighted by Crippen LogP contribution is -2.28. The summed E-state index contributed by atoms with van der Waals surface area (Å²) in [5.74, 6) is 1.17. The largest absolute Gasteiger partial charge is 0.436 e. The standard InChI is InChI=1S/C41H38N4O2/c1-5-32(40-43-36-17-9-11-19-38(36)46-40)14-13-27-45(31(4)22-21-29(2)30(3)28-42-34-15-7-6-8-16-34)35-25-23-33(24-26-35)41-44-37-18-10-12-20-39(37)47-41/h5-15,17-25,27-28,35H,1,16,26H2,2-4H3/b27-13+,29-21+,30-28+,31-22+,32-14+,42-34?. The Kier molecular flexibility index (Phi) is 9.68. The first-order chi connectivity index (χ1) is 23.0. The molecule has 0 saturated carbocycles. The first-order valence-electron chi connectivity index (χ1n) is 15.8. The summed E-state index contributed by atoms with van der Waals surface area (Å²) in [5, 5.41) is 0. The number of hydrogen-bond acceptors (Lipinski definition) is 6. The average Bonchev–Trinajstić information content (AvgIpc) is 3.75. The van der Waals surface area contributed by atoms with Crippen LogP contribution in [0.3, 0.4) is 0 Å². The van der Waals surface area contributed by atoms with Crippen LogP contribution in [0.4, 0.5) is 0 Å². The van der Waals surface area contributed by atoms with E-state index in [1.807, 2.05) is 79.0 Å². The molecule has 0 fully saturated rings. The molecule has 0 amide bonds. The first-order valence-corrected chi connectivity index (χ1v) is 15.8. The molecule has 0 aliphatic heterocycles. The van der Waals surface area contributed by atoms with Crippen LogP contribution in [0.25, 0.3) is 33.3 Å². The zero-order valence-corrected chi connectivity index (χ0v) is 27.0. The summed E-state index contributed by atoms with van der Waals surface area (Å²) in [7, 11) is 0. The van der Waals surface area contributed by atoms with Crippen LogP contribution in [-0.2, 0) is 0 Å². The second-order valence-corrected chi connectivity index (χ2v) is 11.5. The number of benzene rings is 2. The third-order valence-electron chi connectivity index (χ3n) is 8.15. The van der Waals surface area contributed by atoms with Gasteiger partial charge in [-0.1, -0.05) is 79.5 Å². The van der Waals surface area contributed by atoms with Gasteiger partial charge in [0.05, 0.1) is 6.04 Å². The van der Waals surface area contributed by atoms with E-state index in [4.69, 9.17) is 8.83 Å².